The number of carbonyl (C=O) groups excluding carboxylic acids is 1. The molecular weight excluding hydrogens is 322 g/mol. The van der Waals surface area contributed by atoms with Gasteiger partial charge in [-0.15, -0.1) is 5.10 Å². The summed E-state index contributed by atoms with van der Waals surface area (Å²) in [6.07, 6.45) is 2.20. The average Bonchev–Trinajstić information content (AvgIpc) is 3.19. The molecule has 1 aliphatic carbocycles. The van der Waals surface area contributed by atoms with Crippen LogP contribution in [0.4, 0.5) is 5.69 Å². The van der Waals surface area contributed by atoms with Crippen molar-refractivity contribution in [2.75, 3.05) is 11.1 Å². The van der Waals surface area contributed by atoms with E-state index in [2.05, 4.69) is 20.8 Å². The molecule has 8 heteroatoms. The predicted octanol–water partition coefficient (Wildman–Crippen LogP) is 3.01. The van der Waals surface area contributed by atoms with Crippen molar-refractivity contribution < 1.29 is 4.79 Å². The normalized spacial score (nSPS) is 14.1. The molecule has 0 saturated heterocycles. The maximum atomic E-state index is 12.1. The fraction of sp³-hybridized carbons (Fsp3) is 0.429. The predicted molar refractivity (Wildman–Crippen MR) is 86.4 cm³/mol. The summed E-state index contributed by atoms with van der Waals surface area (Å²) in [5, 5.41) is 15.7. The van der Waals surface area contributed by atoms with Crippen molar-refractivity contribution in [3.05, 3.63) is 28.3 Å². The van der Waals surface area contributed by atoms with Gasteiger partial charge in [-0.1, -0.05) is 29.4 Å². The van der Waals surface area contributed by atoms with Crippen LogP contribution in [-0.2, 0) is 4.79 Å². The van der Waals surface area contributed by atoms with Crippen molar-refractivity contribution in [1.29, 1.82) is 0 Å². The van der Waals surface area contributed by atoms with Gasteiger partial charge in [0.25, 0.3) is 0 Å². The molecule has 2 aromatic rings. The molecule has 0 atom stereocenters. The lowest BCUT2D eigenvalue weighted by Gasteiger charge is -2.11. The van der Waals surface area contributed by atoms with Gasteiger partial charge in [-0.3, -0.25) is 4.79 Å². The summed E-state index contributed by atoms with van der Waals surface area (Å²) in [6.45, 7) is 3.90. The van der Waals surface area contributed by atoms with Gasteiger partial charge in [-0.05, 0) is 54.3 Å². The Morgan fingerprint density at radius 3 is 2.91 bits per heavy atom. The maximum absolute atomic E-state index is 12.1. The number of anilines is 1. The zero-order chi connectivity index (χ0) is 15.7. The molecule has 1 heterocycles. The number of aromatic nitrogens is 4. The van der Waals surface area contributed by atoms with Crippen LogP contribution in [0, 0.1) is 13.8 Å². The van der Waals surface area contributed by atoms with Crippen LogP contribution in [0.25, 0.3) is 0 Å². The number of thioether (sulfide) groups is 1. The summed E-state index contributed by atoms with van der Waals surface area (Å²) in [5.74, 6) is 0.126. The van der Waals surface area contributed by atoms with E-state index in [0.29, 0.717) is 21.9 Å². The third kappa shape index (κ3) is 3.41. The minimum Gasteiger partial charge on any atom is -0.324 e. The largest absolute Gasteiger partial charge is 0.324 e. The highest BCUT2D eigenvalue weighted by Crippen LogP contribution is 2.36. The molecule has 0 spiro atoms. The van der Waals surface area contributed by atoms with Crippen LogP contribution in [0.2, 0.25) is 5.02 Å². The minimum atomic E-state index is -0.121. The monoisotopic (exact) mass is 337 g/mol. The Kier molecular flexibility index (Phi) is 4.35. The standard InChI is InChI=1S/C14H16ClN5OS/c1-8-5-9(2)13(11(15)6-8)16-12(21)7-22-14-17-18-19-20(14)10-3-4-10/h5-6,10H,3-4,7H2,1-2H3,(H,16,21). The second-order valence-electron chi connectivity index (χ2n) is 5.41. The van der Waals surface area contributed by atoms with Gasteiger partial charge in [0.05, 0.1) is 22.5 Å². The summed E-state index contributed by atoms with van der Waals surface area (Å²) in [5.41, 5.74) is 2.68. The first-order valence-corrected chi connectivity index (χ1v) is 8.38. The van der Waals surface area contributed by atoms with Crippen molar-refractivity contribution in [2.45, 2.75) is 37.9 Å². The SMILES string of the molecule is Cc1cc(C)c(NC(=O)CSc2nnnn2C2CC2)c(Cl)c1. The second-order valence-corrected chi connectivity index (χ2v) is 6.76. The molecule has 22 heavy (non-hydrogen) atoms. The van der Waals surface area contributed by atoms with Crippen molar-refractivity contribution in [3.8, 4) is 0 Å². The van der Waals surface area contributed by atoms with E-state index < -0.39 is 0 Å². The van der Waals surface area contributed by atoms with Gasteiger partial charge in [0.1, 0.15) is 0 Å². The van der Waals surface area contributed by atoms with E-state index in [1.165, 1.54) is 11.8 Å². The lowest BCUT2D eigenvalue weighted by molar-refractivity contribution is -0.113. The van der Waals surface area contributed by atoms with E-state index in [-0.39, 0.29) is 11.7 Å². The minimum absolute atomic E-state index is 0.121. The number of nitrogens with zero attached hydrogens (tertiary/aromatic N) is 4. The van der Waals surface area contributed by atoms with E-state index in [9.17, 15) is 4.79 Å². The van der Waals surface area contributed by atoms with Crippen molar-refractivity contribution in [2.24, 2.45) is 0 Å². The average molecular weight is 338 g/mol. The highest BCUT2D eigenvalue weighted by atomic mass is 35.5. The van der Waals surface area contributed by atoms with Gasteiger partial charge in [0, 0.05) is 0 Å². The van der Waals surface area contributed by atoms with Gasteiger partial charge in [-0.2, -0.15) is 0 Å². The number of hydrogen-bond donors (Lipinski definition) is 1. The Morgan fingerprint density at radius 1 is 1.45 bits per heavy atom. The van der Waals surface area contributed by atoms with E-state index in [1.807, 2.05) is 26.0 Å². The number of benzene rings is 1. The van der Waals surface area contributed by atoms with E-state index in [4.69, 9.17) is 11.6 Å². The molecule has 1 amide bonds. The van der Waals surface area contributed by atoms with Gasteiger partial charge in [0.2, 0.25) is 11.1 Å². The van der Waals surface area contributed by atoms with Crippen LogP contribution in [0.5, 0.6) is 0 Å². The zero-order valence-corrected chi connectivity index (χ0v) is 13.9. The lowest BCUT2D eigenvalue weighted by atomic mass is 10.1. The van der Waals surface area contributed by atoms with Crippen LogP contribution in [0.15, 0.2) is 17.3 Å². The Hall–Kier alpha value is -1.60. The zero-order valence-electron chi connectivity index (χ0n) is 12.3. The smallest absolute Gasteiger partial charge is 0.234 e. The molecule has 0 unspecified atom stereocenters. The third-order valence-electron chi connectivity index (χ3n) is 3.38. The summed E-state index contributed by atoms with van der Waals surface area (Å²) in [6, 6.07) is 4.22. The van der Waals surface area contributed by atoms with Gasteiger partial charge in [-0.25, -0.2) is 4.68 Å². The first kappa shape index (κ1) is 15.3. The van der Waals surface area contributed by atoms with E-state index >= 15 is 0 Å². The highest BCUT2D eigenvalue weighted by Gasteiger charge is 2.28. The lowest BCUT2D eigenvalue weighted by Crippen LogP contribution is -2.16. The number of rotatable bonds is 5. The third-order valence-corrected chi connectivity index (χ3v) is 4.62. The number of carbonyl (C=O) groups is 1. The molecule has 1 aromatic carbocycles. The van der Waals surface area contributed by atoms with E-state index in [0.717, 1.165) is 24.0 Å². The van der Waals surface area contributed by atoms with Gasteiger partial charge < -0.3 is 5.32 Å². The fourth-order valence-corrected chi connectivity index (χ4v) is 3.32. The highest BCUT2D eigenvalue weighted by molar-refractivity contribution is 7.99. The number of nitrogens with one attached hydrogen (secondary N) is 1. The van der Waals surface area contributed by atoms with Crippen molar-refractivity contribution in [3.63, 3.8) is 0 Å². The van der Waals surface area contributed by atoms with Gasteiger partial charge >= 0.3 is 0 Å². The number of aryl methyl sites for hydroxylation is 2. The fourth-order valence-electron chi connectivity index (χ4n) is 2.21. The summed E-state index contributed by atoms with van der Waals surface area (Å²) in [7, 11) is 0. The topological polar surface area (TPSA) is 72.7 Å². The summed E-state index contributed by atoms with van der Waals surface area (Å²) >= 11 is 7.53. The number of tetrazole rings is 1. The maximum Gasteiger partial charge on any atom is 0.234 e. The molecule has 6 nitrogen and oxygen atoms in total. The van der Waals surface area contributed by atoms with Crippen LogP contribution >= 0.6 is 23.4 Å². The second kappa shape index (κ2) is 6.26. The summed E-state index contributed by atoms with van der Waals surface area (Å²) in [4.78, 5) is 12.1. The van der Waals surface area contributed by atoms with Crippen LogP contribution in [0.3, 0.4) is 0 Å². The van der Waals surface area contributed by atoms with Crippen molar-refractivity contribution in [1.82, 2.24) is 20.2 Å². The van der Waals surface area contributed by atoms with E-state index in [1.54, 1.807) is 4.68 Å². The Balaban J connectivity index is 1.62. The first-order chi connectivity index (χ1) is 10.5. The quantitative estimate of drug-likeness (QED) is 0.849. The molecule has 1 N–H and O–H groups in total. The molecule has 1 fully saturated rings. The number of hydrogen-bond acceptors (Lipinski definition) is 5. The number of halogens is 1. The Labute approximate surface area is 137 Å². The van der Waals surface area contributed by atoms with Crippen LogP contribution < -0.4 is 5.32 Å². The molecule has 1 saturated carbocycles. The molecule has 0 aliphatic heterocycles. The molecule has 0 bridgehead atoms. The number of amides is 1. The molecule has 0 radical (unpaired) electrons. The van der Waals surface area contributed by atoms with Gasteiger partial charge in [0.15, 0.2) is 0 Å². The molecule has 1 aliphatic rings. The Morgan fingerprint density at radius 2 is 2.23 bits per heavy atom. The summed E-state index contributed by atoms with van der Waals surface area (Å²) < 4.78 is 1.79. The molecular formula is C14H16ClN5OS. The van der Waals surface area contributed by atoms with Crippen LogP contribution in [-0.4, -0.2) is 31.9 Å². The first-order valence-electron chi connectivity index (χ1n) is 7.02. The molecule has 3 rings (SSSR count). The molecule has 116 valence electrons. The van der Waals surface area contributed by atoms with Crippen LogP contribution in [0.1, 0.15) is 30.0 Å². The molecule has 1 aromatic heterocycles. The van der Waals surface area contributed by atoms with Crippen molar-refractivity contribution >= 4 is 35.0 Å². The Bertz CT molecular complexity index is 690.